The average Bonchev–Trinajstić information content (AvgIpc) is 1.53. The molecular weight excluding hydrogens is 1920 g/mol. The van der Waals surface area contributed by atoms with Crippen LogP contribution in [-0.4, -0.2) is 58.5 Å². The Bertz CT molecular complexity index is 5870. The SMILES string of the molecule is CCCCC(CC)C[Si]1(CC(CC)CCCC)c2ccsc2-c2sc(-c3ccc(-c4cc5c(s4)-c4sc(-c6ccc(-c7cc8c(s7)-c7sc(-c9ccc(-c%10cc%11c(s%10)-c%10sccc%10[Si]%11(CC(CC)CCCC)CC(CC)CCCC)c%10nsnc9%10)cc7[Si]8(CC(CC)CCCC)CC(CC)CCCC)c7nsnc67)cc4[Si]5(CC(CC)CCCC)CC(CC)CCCC)c4nsnc34)cc21. The summed E-state index contributed by atoms with van der Waals surface area (Å²) < 4.78 is 32.6. The van der Waals surface area contributed by atoms with Gasteiger partial charge in [0.25, 0.3) is 0 Å². The highest BCUT2D eigenvalue weighted by Gasteiger charge is 2.55. The fraction of sp³-hybridized carbons (Fsp3) is 0.561. The van der Waals surface area contributed by atoms with Gasteiger partial charge in [0, 0.05) is 102 Å². The third-order valence-corrected chi connectivity index (χ3v) is 68.1. The molecule has 0 fully saturated rings. The van der Waals surface area contributed by atoms with Gasteiger partial charge >= 0.3 is 0 Å². The fourth-order valence-corrected chi connectivity index (χ4v) is 69.0. The maximum absolute atomic E-state index is 5.50. The van der Waals surface area contributed by atoms with Gasteiger partial charge in [0.05, 0.1) is 35.2 Å². The third-order valence-electron chi connectivity index (χ3n) is 34.0. The molecule has 4 aliphatic rings. The number of hydrogen-bond donors (Lipinski definition) is 0. The summed E-state index contributed by atoms with van der Waals surface area (Å²) in [7, 11) is -9.23. The zero-order valence-electron chi connectivity index (χ0n) is 84.3. The van der Waals surface area contributed by atoms with Crippen molar-refractivity contribution < 1.29 is 0 Å². The van der Waals surface area contributed by atoms with Gasteiger partial charge in [0.1, 0.15) is 65.4 Å². The van der Waals surface area contributed by atoms with E-state index in [1.54, 1.807) is 80.5 Å². The molecule has 135 heavy (non-hydrogen) atoms. The van der Waals surface area contributed by atoms with Crippen molar-refractivity contribution in [3.8, 4) is 102 Å². The first kappa shape index (κ1) is 101. The molecule has 14 aromatic rings. The summed E-state index contributed by atoms with van der Waals surface area (Å²) in [5.41, 5.74) is 14.2. The van der Waals surface area contributed by atoms with E-state index in [0.29, 0.717) is 23.7 Å². The summed E-state index contributed by atoms with van der Waals surface area (Å²) >= 11 is 20.9. The lowest BCUT2D eigenvalue weighted by Gasteiger charge is -2.35. The minimum Gasteiger partial charge on any atom is -0.172 e. The standard InChI is InChI=1S/C114H152N6S11Si4/c1-17-33-41-73(25-9)65-132(66-74(26-10)42-34-18-2)93-55-57-121-107(93)109-95(132)59-87(123-109)81-49-51-83(103-101(81)115-129-117-103)89-61-97-111(125-89)113-99(134(97,69-77(29-13)45-37-21-5)70-78(30-14)46-38-22-6)63-91(127-113)85-53-54-86(106-105(85)119-131-120-106)92-64-100-114(128-92)112-98(135(100,71-79(31-15)47-39-23-7)72-80(32-16)48-40-24-8)62-90(126-112)84-52-50-82(102-104(84)118-130-116-102)88-60-96-110(124-88)108-94(56-58-122-108)133(96,67-75(27-11)43-35-19-3)68-76(28-12)44-36-20-4/h49-64,73-80H,17-48,65-72H2,1-16H3. The van der Waals surface area contributed by atoms with E-state index in [9.17, 15) is 0 Å². The number of fused-ring (bicyclic) bond motifs is 15. The highest BCUT2D eigenvalue weighted by atomic mass is 32.1. The molecule has 15 heterocycles. The Kier molecular flexibility index (Phi) is 33.4. The molecule has 6 nitrogen and oxygen atoms in total. The first-order valence-corrected chi connectivity index (χ1v) is 72.4. The van der Waals surface area contributed by atoms with Crippen molar-refractivity contribution in [2.24, 2.45) is 47.3 Å². The Morgan fingerprint density at radius 3 is 0.533 bits per heavy atom. The summed E-state index contributed by atoms with van der Waals surface area (Å²) in [4.78, 5) is 20.9. The van der Waals surface area contributed by atoms with Gasteiger partial charge in [0.15, 0.2) is 0 Å². The molecule has 0 spiro atoms. The van der Waals surface area contributed by atoms with Gasteiger partial charge in [-0.25, -0.2) is 0 Å². The van der Waals surface area contributed by atoms with Crippen LogP contribution < -0.4 is 41.5 Å². The Labute approximate surface area is 859 Å². The molecule has 8 unspecified atom stereocenters. The van der Waals surface area contributed by atoms with E-state index >= 15 is 0 Å². The second kappa shape index (κ2) is 44.8. The molecule has 0 N–H and O–H groups in total. The number of rotatable bonds is 54. The second-order valence-corrected chi connectivity index (χ2v) is 68.1. The van der Waals surface area contributed by atoms with E-state index < -0.39 is 32.3 Å². The Morgan fingerprint density at radius 1 is 0.207 bits per heavy atom. The van der Waals surface area contributed by atoms with E-state index in [0.717, 1.165) is 56.8 Å². The van der Waals surface area contributed by atoms with E-state index in [1.165, 1.54) is 352 Å². The average molecular weight is 2070 g/mol. The molecule has 0 aliphatic carbocycles. The minimum atomic E-state index is -2.48. The van der Waals surface area contributed by atoms with Gasteiger partial charge in [-0.1, -0.05) is 365 Å². The molecule has 4 aliphatic heterocycles. The molecule has 8 atom stereocenters. The quantitative estimate of drug-likeness (QED) is 0.0354. The molecule has 0 bridgehead atoms. The summed E-state index contributed by atoms with van der Waals surface area (Å²) in [5, 5.41) is 18.9. The molecular formula is C114H152N6S11Si4. The molecule has 21 heteroatoms. The van der Waals surface area contributed by atoms with Gasteiger partial charge in [-0.15, -0.1) is 90.7 Å². The molecule has 0 saturated heterocycles. The van der Waals surface area contributed by atoms with Crippen LogP contribution in [0.15, 0.2) is 95.7 Å². The van der Waals surface area contributed by atoms with Crippen LogP contribution in [0.5, 0.6) is 0 Å². The van der Waals surface area contributed by atoms with Crippen molar-refractivity contribution in [2.45, 2.75) is 365 Å². The molecule has 0 saturated carbocycles. The molecule has 18 rings (SSSR count). The van der Waals surface area contributed by atoms with Crippen LogP contribution in [0.25, 0.3) is 135 Å². The predicted molar refractivity (Wildman–Crippen MR) is 622 cm³/mol. The van der Waals surface area contributed by atoms with Gasteiger partial charge < -0.3 is 0 Å². The number of benzene rings is 3. The Morgan fingerprint density at radius 2 is 0.370 bits per heavy atom. The normalized spacial score (nSPS) is 19.3. The maximum Gasteiger partial charge on any atom is 0.122 e. The Balaban J connectivity index is 0.735. The lowest BCUT2D eigenvalue weighted by molar-refractivity contribution is 0.469. The van der Waals surface area contributed by atoms with Crippen LogP contribution in [-0.2, 0) is 0 Å². The first-order chi connectivity index (χ1) is 66.1. The van der Waals surface area contributed by atoms with Crippen molar-refractivity contribution in [1.29, 1.82) is 0 Å². The second-order valence-electron chi connectivity index (χ2n) is 42.1. The van der Waals surface area contributed by atoms with Crippen LogP contribution in [0, 0.1) is 47.3 Å². The van der Waals surface area contributed by atoms with Crippen LogP contribution >= 0.6 is 126 Å². The highest BCUT2D eigenvalue weighted by molar-refractivity contribution is 7.34. The fourth-order valence-electron chi connectivity index (χ4n) is 26.0. The van der Waals surface area contributed by atoms with Gasteiger partial charge in [-0.2, -0.15) is 26.2 Å². The Hall–Kier alpha value is -4.41. The van der Waals surface area contributed by atoms with Gasteiger partial charge in [-0.3, -0.25) is 0 Å². The van der Waals surface area contributed by atoms with Gasteiger partial charge in [0.2, 0.25) is 0 Å². The zero-order chi connectivity index (χ0) is 93.9. The zero-order valence-corrected chi connectivity index (χ0v) is 97.3. The molecule has 3 aromatic carbocycles. The van der Waals surface area contributed by atoms with E-state index in [2.05, 4.69) is 274 Å². The third kappa shape index (κ3) is 19.1. The van der Waals surface area contributed by atoms with Crippen LogP contribution in [0.3, 0.4) is 0 Å². The number of hydrogen-bond acceptors (Lipinski definition) is 17. The van der Waals surface area contributed by atoms with Crippen molar-refractivity contribution in [1.82, 2.24) is 26.2 Å². The molecule has 11 aromatic heterocycles. The number of unbranched alkanes of at least 4 members (excludes halogenated alkanes) is 8. The smallest absolute Gasteiger partial charge is 0.122 e. The van der Waals surface area contributed by atoms with E-state index in [-0.39, 0.29) is 0 Å². The van der Waals surface area contributed by atoms with Crippen LogP contribution in [0.4, 0.5) is 0 Å². The lowest BCUT2D eigenvalue weighted by atomic mass is 10.0. The highest BCUT2D eigenvalue weighted by Crippen LogP contribution is 2.57. The number of thiophene rings is 8. The van der Waals surface area contributed by atoms with Crippen LogP contribution in [0.1, 0.15) is 316 Å². The van der Waals surface area contributed by atoms with Crippen molar-refractivity contribution in [2.75, 3.05) is 0 Å². The van der Waals surface area contributed by atoms with Crippen LogP contribution in [0.2, 0.25) is 48.4 Å². The summed E-state index contributed by atoms with van der Waals surface area (Å²) in [6, 6.07) is 47.7. The first-order valence-electron chi connectivity index (χ1n) is 53.9. The van der Waals surface area contributed by atoms with Crippen molar-refractivity contribution in [3.63, 3.8) is 0 Å². The largest absolute Gasteiger partial charge is 0.172 e. The number of nitrogens with zero attached hydrogens (tertiary/aromatic N) is 6. The minimum absolute atomic E-state index is 0.674. The summed E-state index contributed by atoms with van der Waals surface area (Å²) in [6.07, 6.45) is 41.3. The monoisotopic (exact) mass is 2070 g/mol. The van der Waals surface area contributed by atoms with Crippen molar-refractivity contribution in [3.05, 3.63) is 95.7 Å². The van der Waals surface area contributed by atoms with E-state index in [1.807, 2.05) is 22.7 Å². The number of aromatic nitrogens is 6. The lowest BCUT2D eigenvalue weighted by Crippen LogP contribution is -2.56. The van der Waals surface area contributed by atoms with Gasteiger partial charge in [-0.05, 0) is 184 Å². The topological polar surface area (TPSA) is 77.3 Å². The summed E-state index contributed by atoms with van der Waals surface area (Å²) in [6.45, 7) is 39.3. The maximum atomic E-state index is 5.50. The van der Waals surface area contributed by atoms with Crippen molar-refractivity contribution >= 4 is 233 Å². The van der Waals surface area contributed by atoms with E-state index in [4.69, 9.17) is 26.2 Å². The predicted octanol–water partition coefficient (Wildman–Crippen LogP) is 36.1. The summed E-state index contributed by atoms with van der Waals surface area (Å²) in [5.74, 6) is 5.76. The molecule has 720 valence electrons. The molecule has 0 radical (unpaired) electrons. The molecule has 0 amide bonds.